The number of hydrogen-bond acceptors (Lipinski definition) is 3. The maximum Gasteiger partial charge on any atom is 0.433 e. The Labute approximate surface area is 118 Å². The van der Waals surface area contributed by atoms with Crippen LogP contribution in [0.4, 0.5) is 19.0 Å². The Hall–Kier alpha value is -2.38. The molecule has 0 unspecified atom stereocenters. The summed E-state index contributed by atoms with van der Waals surface area (Å²) in [7, 11) is 0. The highest BCUT2D eigenvalue weighted by atomic mass is 19.4. The number of aromatic amines is 1. The van der Waals surface area contributed by atoms with Gasteiger partial charge in [-0.25, -0.2) is 0 Å². The number of aromatic nitrogens is 3. The molecule has 0 saturated carbocycles. The summed E-state index contributed by atoms with van der Waals surface area (Å²) in [5.41, 5.74) is -0.134. The summed E-state index contributed by atoms with van der Waals surface area (Å²) in [4.78, 5) is 15.1. The number of rotatable bonds is 4. The summed E-state index contributed by atoms with van der Waals surface area (Å²) in [6.45, 7) is 2.01. The summed E-state index contributed by atoms with van der Waals surface area (Å²) in [5, 5.41) is 9.16. The van der Waals surface area contributed by atoms with E-state index in [0.29, 0.717) is 5.82 Å². The molecular formula is C13H13F3N4O. The van der Waals surface area contributed by atoms with Gasteiger partial charge in [0.2, 0.25) is 0 Å². The highest BCUT2D eigenvalue weighted by molar-refractivity contribution is 6.03. The third kappa shape index (κ3) is 3.80. The predicted molar refractivity (Wildman–Crippen MR) is 69.8 cm³/mol. The number of hydrogen-bond donors (Lipinski definition) is 2. The van der Waals surface area contributed by atoms with Gasteiger partial charge in [-0.1, -0.05) is 13.3 Å². The van der Waals surface area contributed by atoms with Gasteiger partial charge in [-0.15, -0.1) is 0 Å². The summed E-state index contributed by atoms with van der Waals surface area (Å²) in [5.74, 6) is -0.242. The largest absolute Gasteiger partial charge is 0.433 e. The van der Waals surface area contributed by atoms with E-state index in [1.807, 2.05) is 6.92 Å². The zero-order valence-electron chi connectivity index (χ0n) is 11.2. The first-order valence-corrected chi connectivity index (χ1v) is 6.29. The van der Waals surface area contributed by atoms with Crippen LogP contribution in [-0.2, 0) is 12.6 Å². The zero-order chi connectivity index (χ0) is 15.5. The molecule has 0 atom stereocenters. The number of alkyl halides is 3. The maximum atomic E-state index is 12.4. The van der Waals surface area contributed by atoms with Crippen molar-refractivity contribution in [3.8, 4) is 0 Å². The number of H-pyrrole nitrogens is 1. The fourth-order valence-corrected chi connectivity index (χ4v) is 1.71. The molecule has 0 aliphatic heterocycles. The molecule has 0 aromatic carbocycles. The number of pyridine rings is 1. The minimum absolute atomic E-state index is 0.0306. The van der Waals surface area contributed by atoms with Crippen LogP contribution < -0.4 is 5.32 Å². The van der Waals surface area contributed by atoms with E-state index < -0.39 is 17.8 Å². The van der Waals surface area contributed by atoms with E-state index in [0.717, 1.165) is 36.9 Å². The lowest BCUT2D eigenvalue weighted by atomic mass is 10.2. The van der Waals surface area contributed by atoms with Crippen molar-refractivity contribution < 1.29 is 18.0 Å². The van der Waals surface area contributed by atoms with Gasteiger partial charge in [-0.3, -0.25) is 14.9 Å². The van der Waals surface area contributed by atoms with Gasteiger partial charge in [0.15, 0.2) is 5.82 Å². The molecule has 0 fully saturated rings. The van der Waals surface area contributed by atoms with Crippen LogP contribution in [0.25, 0.3) is 0 Å². The second kappa shape index (κ2) is 5.94. The van der Waals surface area contributed by atoms with Crippen LogP contribution in [0.15, 0.2) is 24.4 Å². The van der Waals surface area contributed by atoms with E-state index >= 15 is 0 Å². The molecule has 1 amide bonds. The number of carbonyl (C=O) groups is 1. The van der Waals surface area contributed by atoms with Gasteiger partial charge < -0.3 is 5.32 Å². The summed E-state index contributed by atoms with van der Waals surface area (Å²) in [6.07, 6.45) is -1.91. The number of halogens is 3. The third-order valence-corrected chi connectivity index (χ3v) is 2.71. The van der Waals surface area contributed by atoms with Crippen LogP contribution in [-0.4, -0.2) is 21.1 Å². The van der Waals surface area contributed by atoms with Crippen molar-refractivity contribution in [2.75, 3.05) is 5.32 Å². The topological polar surface area (TPSA) is 70.7 Å². The Bertz CT molecular complexity index is 619. The lowest BCUT2D eigenvalue weighted by molar-refractivity contribution is -0.141. The van der Waals surface area contributed by atoms with Crippen LogP contribution >= 0.6 is 0 Å². The van der Waals surface area contributed by atoms with Crippen molar-refractivity contribution in [3.05, 3.63) is 41.3 Å². The van der Waals surface area contributed by atoms with Crippen LogP contribution in [0.1, 0.15) is 35.1 Å². The molecule has 5 nitrogen and oxygen atoms in total. The predicted octanol–water partition coefficient (Wildman–Crippen LogP) is 3.03. The Balaban J connectivity index is 2.06. The second-order valence-electron chi connectivity index (χ2n) is 4.41. The zero-order valence-corrected chi connectivity index (χ0v) is 11.2. The molecule has 0 aliphatic rings. The van der Waals surface area contributed by atoms with E-state index in [2.05, 4.69) is 20.5 Å². The van der Waals surface area contributed by atoms with Crippen molar-refractivity contribution in [2.45, 2.75) is 25.9 Å². The van der Waals surface area contributed by atoms with Gasteiger partial charge in [0.05, 0.1) is 5.56 Å². The number of nitrogens with zero attached hydrogens (tertiary/aromatic N) is 2. The molecule has 112 valence electrons. The Morgan fingerprint density at radius 2 is 2.14 bits per heavy atom. The Morgan fingerprint density at radius 3 is 2.71 bits per heavy atom. The maximum absolute atomic E-state index is 12.4. The molecule has 2 aromatic heterocycles. The average Bonchev–Trinajstić information content (AvgIpc) is 2.86. The van der Waals surface area contributed by atoms with Crippen molar-refractivity contribution in [1.29, 1.82) is 0 Å². The molecule has 0 aliphatic carbocycles. The van der Waals surface area contributed by atoms with Crippen LogP contribution in [0, 0.1) is 0 Å². The quantitative estimate of drug-likeness (QED) is 0.911. The van der Waals surface area contributed by atoms with Gasteiger partial charge in [-0.2, -0.15) is 18.3 Å². The highest BCUT2D eigenvalue weighted by Crippen LogP contribution is 2.27. The Morgan fingerprint density at radius 1 is 1.38 bits per heavy atom. The van der Waals surface area contributed by atoms with Crippen molar-refractivity contribution in [3.63, 3.8) is 0 Å². The number of nitrogens with one attached hydrogen (secondary N) is 2. The summed E-state index contributed by atoms with van der Waals surface area (Å²) in [6, 6.07) is 3.52. The molecule has 0 saturated heterocycles. The van der Waals surface area contributed by atoms with Gasteiger partial charge in [-0.05, 0) is 18.6 Å². The van der Waals surface area contributed by atoms with E-state index in [1.54, 1.807) is 6.07 Å². The lowest BCUT2D eigenvalue weighted by Gasteiger charge is -2.06. The van der Waals surface area contributed by atoms with Gasteiger partial charge in [0, 0.05) is 18.0 Å². The minimum atomic E-state index is -4.52. The first-order valence-electron chi connectivity index (χ1n) is 6.29. The summed E-state index contributed by atoms with van der Waals surface area (Å²) >= 11 is 0. The summed E-state index contributed by atoms with van der Waals surface area (Å²) < 4.78 is 37.1. The standard InChI is InChI=1S/C13H13F3N4O/c1-2-3-9-6-11(20-19-9)18-12(21)8-4-5-10(17-7-8)13(14,15)16/h4-7H,2-3H2,1H3,(H2,18,19,20,21). The monoisotopic (exact) mass is 298 g/mol. The molecule has 2 heterocycles. The first-order chi connectivity index (χ1) is 9.90. The fourth-order valence-electron chi connectivity index (χ4n) is 1.71. The molecule has 2 rings (SSSR count). The highest BCUT2D eigenvalue weighted by Gasteiger charge is 2.32. The van der Waals surface area contributed by atoms with Gasteiger partial charge in [0.25, 0.3) is 5.91 Å². The van der Waals surface area contributed by atoms with Crippen LogP contribution in [0.3, 0.4) is 0 Å². The molecule has 2 N–H and O–H groups in total. The molecule has 0 radical (unpaired) electrons. The number of carbonyl (C=O) groups excluding carboxylic acids is 1. The van der Waals surface area contributed by atoms with Crippen molar-refractivity contribution in [1.82, 2.24) is 15.2 Å². The van der Waals surface area contributed by atoms with Crippen molar-refractivity contribution in [2.24, 2.45) is 0 Å². The number of anilines is 1. The normalized spacial score (nSPS) is 11.4. The van der Waals surface area contributed by atoms with E-state index in [-0.39, 0.29) is 5.56 Å². The number of amides is 1. The van der Waals surface area contributed by atoms with Gasteiger partial charge in [0.1, 0.15) is 5.69 Å². The first kappa shape index (κ1) is 15.0. The number of aryl methyl sites for hydroxylation is 1. The van der Waals surface area contributed by atoms with Crippen molar-refractivity contribution >= 4 is 11.7 Å². The SMILES string of the molecule is CCCc1cc(NC(=O)c2ccc(C(F)(F)F)nc2)n[nH]1. The second-order valence-corrected chi connectivity index (χ2v) is 4.41. The van der Waals surface area contributed by atoms with Gasteiger partial charge >= 0.3 is 6.18 Å². The van der Waals surface area contributed by atoms with E-state index in [9.17, 15) is 18.0 Å². The molecular weight excluding hydrogens is 285 g/mol. The third-order valence-electron chi connectivity index (χ3n) is 2.71. The van der Waals surface area contributed by atoms with E-state index in [4.69, 9.17) is 0 Å². The molecule has 8 heteroatoms. The smallest absolute Gasteiger partial charge is 0.305 e. The fraction of sp³-hybridized carbons (Fsp3) is 0.308. The molecule has 2 aromatic rings. The van der Waals surface area contributed by atoms with E-state index in [1.165, 1.54) is 0 Å². The molecule has 0 spiro atoms. The minimum Gasteiger partial charge on any atom is -0.305 e. The average molecular weight is 298 g/mol. The Kier molecular flexibility index (Phi) is 4.25. The molecule has 21 heavy (non-hydrogen) atoms. The molecule has 0 bridgehead atoms. The lowest BCUT2D eigenvalue weighted by Crippen LogP contribution is -2.14. The van der Waals surface area contributed by atoms with Crippen LogP contribution in [0.5, 0.6) is 0 Å². The van der Waals surface area contributed by atoms with Crippen LogP contribution in [0.2, 0.25) is 0 Å².